The third-order valence-corrected chi connectivity index (χ3v) is 3.23. The minimum Gasteiger partial charge on any atom is -0.348 e. The van der Waals surface area contributed by atoms with Crippen LogP contribution in [0.5, 0.6) is 0 Å². The average Bonchev–Trinajstić information content (AvgIpc) is 2.46. The summed E-state index contributed by atoms with van der Waals surface area (Å²) in [6.07, 6.45) is 3.01. The van der Waals surface area contributed by atoms with Crippen molar-refractivity contribution in [3.8, 4) is 0 Å². The van der Waals surface area contributed by atoms with Gasteiger partial charge in [-0.05, 0) is 38.0 Å². The van der Waals surface area contributed by atoms with Crippen LogP contribution in [0.15, 0.2) is 48.7 Å². The number of hydrogen-bond donors (Lipinski definition) is 1. The molecule has 0 aliphatic heterocycles. The van der Waals surface area contributed by atoms with E-state index in [9.17, 15) is 4.79 Å². The first-order valence-corrected chi connectivity index (χ1v) is 6.91. The summed E-state index contributed by atoms with van der Waals surface area (Å²) >= 11 is 0. The van der Waals surface area contributed by atoms with Gasteiger partial charge >= 0.3 is 0 Å². The summed E-state index contributed by atoms with van der Waals surface area (Å²) in [7, 11) is 0. The van der Waals surface area contributed by atoms with Gasteiger partial charge in [0.1, 0.15) is 0 Å². The Morgan fingerprint density at radius 1 is 1.25 bits per heavy atom. The molecule has 3 heteroatoms. The third kappa shape index (κ3) is 4.19. The number of nitrogens with zero attached hydrogens (tertiary/aromatic N) is 1. The second-order valence-electron chi connectivity index (χ2n) is 5.03. The number of carbonyl (C=O) groups is 1. The van der Waals surface area contributed by atoms with E-state index in [1.165, 1.54) is 11.1 Å². The Morgan fingerprint density at radius 2 is 2.10 bits per heavy atom. The molecule has 1 aromatic carbocycles. The Morgan fingerprint density at radius 3 is 2.80 bits per heavy atom. The Kier molecular flexibility index (Phi) is 4.88. The first kappa shape index (κ1) is 14.3. The molecule has 1 amide bonds. The molecule has 0 spiro atoms. The van der Waals surface area contributed by atoms with Crippen molar-refractivity contribution < 1.29 is 4.79 Å². The molecule has 0 fully saturated rings. The van der Waals surface area contributed by atoms with E-state index in [-0.39, 0.29) is 11.9 Å². The van der Waals surface area contributed by atoms with E-state index in [1.54, 1.807) is 6.20 Å². The minimum absolute atomic E-state index is 0.0544. The molecule has 1 unspecified atom stereocenters. The molecule has 1 heterocycles. The van der Waals surface area contributed by atoms with Gasteiger partial charge in [-0.3, -0.25) is 9.78 Å². The number of rotatable bonds is 5. The van der Waals surface area contributed by atoms with Crippen LogP contribution in [0.4, 0.5) is 0 Å². The predicted molar refractivity (Wildman–Crippen MR) is 80.3 cm³/mol. The van der Waals surface area contributed by atoms with Gasteiger partial charge < -0.3 is 5.32 Å². The van der Waals surface area contributed by atoms with Gasteiger partial charge in [0.2, 0.25) is 5.91 Å². The van der Waals surface area contributed by atoms with Crippen LogP contribution in [-0.4, -0.2) is 10.9 Å². The van der Waals surface area contributed by atoms with Crippen LogP contribution >= 0.6 is 0 Å². The summed E-state index contributed by atoms with van der Waals surface area (Å²) in [5, 5.41) is 2.98. The summed E-state index contributed by atoms with van der Waals surface area (Å²) in [6, 6.07) is 13.9. The Bertz CT molecular complexity index is 566. The van der Waals surface area contributed by atoms with Gasteiger partial charge in [-0.15, -0.1) is 0 Å². The number of amides is 1. The quantitative estimate of drug-likeness (QED) is 0.904. The third-order valence-electron chi connectivity index (χ3n) is 3.23. The van der Waals surface area contributed by atoms with E-state index in [1.807, 2.05) is 31.2 Å². The lowest BCUT2D eigenvalue weighted by atomic mass is 10.1. The molecular weight excluding hydrogens is 248 g/mol. The first-order chi connectivity index (χ1) is 9.65. The zero-order valence-corrected chi connectivity index (χ0v) is 12.0. The van der Waals surface area contributed by atoms with Crippen molar-refractivity contribution in [3.63, 3.8) is 0 Å². The van der Waals surface area contributed by atoms with E-state index in [4.69, 9.17) is 0 Å². The molecule has 104 valence electrons. The number of hydrogen-bond acceptors (Lipinski definition) is 2. The topological polar surface area (TPSA) is 42.0 Å². The summed E-state index contributed by atoms with van der Waals surface area (Å²) in [4.78, 5) is 16.2. The van der Waals surface area contributed by atoms with Crippen molar-refractivity contribution >= 4 is 5.91 Å². The maximum absolute atomic E-state index is 11.9. The molecule has 2 rings (SSSR count). The van der Waals surface area contributed by atoms with E-state index in [0.717, 1.165) is 12.1 Å². The highest BCUT2D eigenvalue weighted by Crippen LogP contribution is 2.10. The van der Waals surface area contributed by atoms with Crippen molar-refractivity contribution in [3.05, 3.63) is 65.5 Å². The highest BCUT2D eigenvalue weighted by molar-refractivity contribution is 5.76. The lowest BCUT2D eigenvalue weighted by molar-refractivity contribution is -0.121. The first-order valence-electron chi connectivity index (χ1n) is 6.91. The molecule has 0 aliphatic rings. The maximum atomic E-state index is 11.9. The maximum Gasteiger partial charge on any atom is 0.220 e. The standard InChI is InChI=1S/C17H20N2O/c1-13-6-5-7-15(12-13)9-10-17(20)19-14(2)16-8-3-4-11-18-16/h3-8,11-12,14H,9-10H2,1-2H3,(H,19,20). The molecule has 0 radical (unpaired) electrons. The number of benzene rings is 1. The lowest BCUT2D eigenvalue weighted by Gasteiger charge is -2.13. The lowest BCUT2D eigenvalue weighted by Crippen LogP contribution is -2.27. The van der Waals surface area contributed by atoms with E-state index < -0.39 is 0 Å². The number of aromatic nitrogens is 1. The highest BCUT2D eigenvalue weighted by Gasteiger charge is 2.10. The van der Waals surface area contributed by atoms with Crippen molar-refractivity contribution in [2.75, 3.05) is 0 Å². The zero-order valence-electron chi connectivity index (χ0n) is 12.0. The van der Waals surface area contributed by atoms with Gasteiger partial charge in [0.15, 0.2) is 0 Å². The number of carbonyl (C=O) groups excluding carboxylic acids is 1. The summed E-state index contributed by atoms with van der Waals surface area (Å²) in [5.41, 5.74) is 3.31. The fraction of sp³-hybridized carbons (Fsp3) is 0.294. The fourth-order valence-corrected chi connectivity index (χ4v) is 2.15. The summed E-state index contributed by atoms with van der Waals surface area (Å²) in [6.45, 7) is 4.01. The van der Waals surface area contributed by atoms with Crippen molar-refractivity contribution in [2.45, 2.75) is 32.7 Å². The predicted octanol–water partition coefficient (Wildman–Crippen LogP) is 3.20. The Hall–Kier alpha value is -2.16. The molecule has 0 bridgehead atoms. The van der Waals surface area contributed by atoms with Gasteiger partial charge in [0, 0.05) is 12.6 Å². The SMILES string of the molecule is Cc1cccc(CCC(=O)NC(C)c2ccccn2)c1. The smallest absolute Gasteiger partial charge is 0.220 e. The zero-order chi connectivity index (χ0) is 14.4. The van der Waals surface area contributed by atoms with Crippen molar-refractivity contribution in [1.29, 1.82) is 0 Å². The normalized spacial score (nSPS) is 11.9. The number of nitrogens with one attached hydrogen (secondary N) is 1. The van der Waals surface area contributed by atoms with Crippen LogP contribution in [-0.2, 0) is 11.2 Å². The molecule has 0 aliphatic carbocycles. The van der Waals surface area contributed by atoms with E-state index >= 15 is 0 Å². The van der Waals surface area contributed by atoms with Crippen LogP contribution in [0.3, 0.4) is 0 Å². The molecule has 1 atom stereocenters. The highest BCUT2D eigenvalue weighted by atomic mass is 16.1. The summed E-state index contributed by atoms with van der Waals surface area (Å²) in [5.74, 6) is 0.0599. The van der Waals surface area contributed by atoms with Gasteiger partial charge in [-0.25, -0.2) is 0 Å². The van der Waals surface area contributed by atoms with Crippen LogP contribution in [0.1, 0.15) is 36.2 Å². The monoisotopic (exact) mass is 268 g/mol. The molecule has 1 aromatic heterocycles. The Balaban J connectivity index is 1.84. The second-order valence-corrected chi connectivity index (χ2v) is 5.03. The van der Waals surface area contributed by atoms with Crippen LogP contribution in [0.25, 0.3) is 0 Å². The Labute approximate surface area is 120 Å². The van der Waals surface area contributed by atoms with Gasteiger partial charge in [-0.1, -0.05) is 35.9 Å². The number of aryl methyl sites for hydroxylation is 2. The van der Waals surface area contributed by atoms with E-state index in [0.29, 0.717) is 6.42 Å². The largest absolute Gasteiger partial charge is 0.348 e. The van der Waals surface area contributed by atoms with Crippen LogP contribution in [0.2, 0.25) is 0 Å². The molecule has 0 saturated carbocycles. The second kappa shape index (κ2) is 6.85. The van der Waals surface area contributed by atoms with Crippen molar-refractivity contribution in [2.24, 2.45) is 0 Å². The molecular formula is C17H20N2O. The molecule has 2 aromatic rings. The van der Waals surface area contributed by atoms with E-state index in [2.05, 4.69) is 35.4 Å². The molecule has 20 heavy (non-hydrogen) atoms. The fourth-order valence-electron chi connectivity index (χ4n) is 2.15. The molecule has 0 saturated heterocycles. The summed E-state index contributed by atoms with van der Waals surface area (Å²) < 4.78 is 0. The average molecular weight is 268 g/mol. The van der Waals surface area contributed by atoms with Crippen LogP contribution in [0, 0.1) is 6.92 Å². The van der Waals surface area contributed by atoms with Gasteiger partial charge in [0.25, 0.3) is 0 Å². The van der Waals surface area contributed by atoms with Crippen LogP contribution < -0.4 is 5.32 Å². The molecule has 3 nitrogen and oxygen atoms in total. The van der Waals surface area contributed by atoms with Gasteiger partial charge in [0.05, 0.1) is 11.7 Å². The van der Waals surface area contributed by atoms with Gasteiger partial charge in [-0.2, -0.15) is 0 Å². The number of pyridine rings is 1. The molecule has 1 N–H and O–H groups in total. The van der Waals surface area contributed by atoms with Crippen molar-refractivity contribution in [1.82, 2.24) is 10.3 Å². The minimum atomic E-state index is -0.0544.